The van der Waals surface area contributed by atoms with Gasteiger partial charge in [0.05, 0.1) is 39.3 Å². The Morgan fingerprint density at radius 3 is 2.12 bits per heavy atom. The standard InChI is InChI=1S/C9H16O7/c10-5-7(16-4-2-9(13)14)6-15-3-1-8(11)12/h7,10H,1-6H2,(H,11,12)(H,13,14). The van der Waals surface area contributed by atoms with Gasteiger partial charge in [0.1, 0.15) is 6.10 Å². The zero-order valence-corrected chi connectivity index (χ0v) is 8.79. The Bertz CT molecular complexity index is 216. The minimum atomic E-state index is -0.983. The van der Waals surface area contributed by atoms with Crippen molar-refractivity contribution in [2.45, 2.75) is 18.9 Å². The first-order valence-electron chi connectivity index (χ1n) is 4.80. The van der Waals surface area contributed by atoms with Crippen LogP contribution in [0.3, 0.4) is 0 Å². The van der Waals surface area contributed by atoms with Crippen LogP contribution < -0.4 is 0 Å². The number of carboxylic acid groups (broad SMARTS) is 2. The van der Waals surface area contributed by atoms with Gasteiger partial charge in [-0.25, -0.2) is 0 Å². The Hall–Kier alpha value is -1.18. The summed E-state index contributed by atoms with van der Waals surface area (Å²) in [6.45, 7) is -0.229. The fraction of sp³-hybridized carbons (Fsp3) is 0.778. The van der Waals surface area contributed by atoms with Gasteiger partial charge < -0.3 is 24.8 Å². The molecule has 0 aromatic heterocycles. The van der Waals surface area contributed by atoms with Crippen molar-refractivity contribution in [3.8, 4) is 0 Å². The topological polar surface area (TPSA) is 113 Å². The summed E-state index contributed by atoms with van der Waals surface area (Å²) in [6, 6.07) is 0. The van der Waals surface area contributed by atoms with Crippen molar-refractivity contribution >= 4 is 11.9 Å². The minimum Gasteiger partial charge on any atom is -0.481 e. The van der Waals surface area contributed by atoms with E-state index in [0.29, 0.717) is 0 Å². The lowest BCUT2D eigenvalue weighted by atomic mass is 10.4. The van der Waals surface area contributed by atoms with E-state index in [4.69, 9.17) is 24.8 Å². The number of hydrogen-bond acceptors (Lipinski definition) is 5. The summed E-state index contributed by atoms with van der Waals surface area (Å²) in [4.78, 5) is 20.3. The molecule has 0 radical (unpaired) electrons. The monoisotopic (exact) mass is 236 g/mol. The Balaban J connectivity index is 3.51. The van der Waals surface area contributed by atoms with Crippen molar-refractivity contribution < 1.29 is 34.4 Å². The summed E-state index contributed by atoms with van der Waals surface area (Å²) in [5, 5.41) is 25.5. The molecule has 7 heteroatoms. The Kier molecular flexibility index (Phi) is 8.41. The largest absolute Gasteiger partial charge is 0.481 e. The van der Waals surface area contributed by atoms with Crippen molar-refractivity contribution in [1.82, 2.24) is 0 Å². The molecular weight excluding hydrogens is 220 g/mol. The molecule has 0 saturated heterocycles. The Morgan fingerprint density at radius 2 is 1.62 bits per heavy atom. The zero-order chi connectivity index (χ0) is 12.4. The third-order valence-electron chi connectivity index (χ3n) is 1.64. The van der Waals surface area contributed by atoms with Crippen LogP contribution in [0.15, 0.2) is 0 Å². The van der Waals surface area contributed by atoms with Crippen LogP contribution in [0.4, 0.5) is 0 Å². The molecule has 0 aromatic rings. The molecule has 7 nitrogen and oxygen atoms in total. The highest BCUT2D eigenvalue weighted by Gasteiger charge is 2.09. The number of carbonyl (C=O) groups is 2. The minimum absolute atomic E-state index is 0.0111. The van der Waals surface area contributed by atoms with Gasteiger partial charge in [-0.1, -0.05) is 0 Å². The number of rotatable bonds is 10. The quantitative estimate of drug-likeness (QED) is 0.431. The molecule has 0 aromatic carbocycles. The number of aliphatic hydroxyl groups excluding tert-OH is 1. The molecule has 0 spiro atoms. The third kappa shape index (κ3) is 9.38. The first kappa shape index (κ1) is 14.8. The highest BCUT2D eigenvalue weighted by molar-refractivity contribution is 5.67. The molecule has 1 unspecified atom stereocenters. The van der Waals surface area contributed by atoms with E-state index in [-0.39, 0.29) is 39.3 Å². The van der Waals surface area contributed by atoms with Gasteiger partial charge in [-0.15, -0.1) is 0 Å². The van der Waals surface area contributed by atoms with Crippen LogP contribution >= 0.6 is 0 Å². The first-order valence-corrected chi connectivity index (χ1v) is 4.80. The fourth-order valence-electron chi connectivity index (χ4n) is 0.841. The van der Waals surface area contributed by atoms with E-state index in [0.717, 1.165) is 0 Å². The van der Waals surface area contributed by atoms with Crippen LogP contribution in [0.2, 0.25) is 0 Å². The predicted octanol–water partition coefficient (Wildman–Crippen LogP) is -0.670. The van der Waals surface area contributed by atoms with Crippen molar-refractivity contribution in [2.24, 2.45) is 0 Å². The smallest absolute Gasteiger partial charge is 0.305 e. The highest BCUT2D eigenvalue weighted by Crippen LogP contribution is 1.95. The molecule has 0 heterocycles. The number of ether oxygens (including phenoxy) is 2. The molecule has 16 heavy (non-hydrogen) atoms. The predicted molar refractivity (Wildman–Crippen MR) is 52.2 cm³/mol. The molecule has 0 rings (SSSR count). The average Bonchev–Trinajstić information content (AvgIpc) is 2.20. The van der Waals surface area contributed by atoms with E-state index in [9.17, 15) is 9.59 Å². The number of aliphatic hydroxyl groups is 1. The van der Waals surface area contributed by atoms with Crippen molar-refractivity contribution in [3.63, 3.8) is 0 Å². The maximum absolute atomic E-state index is 10.2. The molecule has 0 bridgehead atoms. The van der Waals surface area contributed by atoms with Gasteiger partial charge in [0.2, 0.25) is 0 Å². The maximum Gasteiger partial charge on any atom is 0.305 e. The lowest BCUT2D eigenvalue weighted by molar-refractivity contribution is -0.141. The fourth-order valence-corrected chi connectivity index (χ4v) is 0.841. The van der Waals surface area contributed by atoms with Crippen LogP contribution in [-0.2, 0) is 19.1 Å². The van der Waals surface area contributed by atoms with E-state index in [1.807, 2.05) is 0 Å². The van der Waals surface area contributed by atoms with Crippen molar-refractivity contribution in [1.29, 1.82) is 0 Å². The van der Waals surface area contributed by atoms with Crippen LogP contribution in [0.5, 0.6) is 0 Å². The van der Waals surface area contributed by atoms with Gasteiger partial charge in [-0.05, 0) is 0 Å². The second-order valence-corrected chi connectivity index (χ2v) is 3.04. The number of hydrogen-bond donors (Lipinski definition) is 3. The second kappa shape index (κ2) is 9.08. The summed E-state index contributed by atoms with van der Waals surface area (Å²) in [5.41, 5.74) is 0. The highest BCUT2D eigenvalue weighted by atomic mass is 16.5. The van der Waals surface area contributed by atoms with Gasteiger partial charge >= 0.3 is 11.9 Å². The summed E-state index contributed by atoms with van der Waals surface area (Å²) in [6.07, 6.45) is -0.882. The summed E-state index contributed by atoms with van der Waals surface area (Å²) < 4.78 is 9.95. The van der Waals surface area contributed by atoms with E-state index in [1.54, 1.807) is 0 Å². The van der Waals surface area contributed by atoms with Gasteiger partial charge in [-0.2, -0.15) is 0 Å². The van der Waals surface area contributed by atoms with Crippen LogP contribution in [0.1, 0.15) is 12.8 Å². The van der Waals surface area contributed by atoms with Gasteiger partial charge in [-0.3, -0.25) is 9.59 Å². The van der Waals surface area contributed by atoms with Crippen molar-refractivity contribution in [3.05, 3.63) is 0 Å². The average molecular weight is 236 g/mol. The lowest BCUT2D eigenvalue weighted by Gasteiger charge is -2.14. The summed E-state index contributed by atoms with van der Waals surface area (Å²) >= 11 is 0. The molecule has 94 valence electrons. The molecule has 1 atom stereocenters. The van der Waals surface area contributed by atoms with Gasteiger partial charge in [0.25, 0.3) is 0 Å². The normalized spacial score (nSPS) is 12.3. The van der Waals surface area contributed by atoms with Crippen LogP contribution in [0, 0.1) is 0 Å². The molecule has 0 aliphatic carbocycles. The Morgan fingerprint density at radius 1 is 1.06 bits per heavy atom. The van der Waals surface area contributed by atoms with Crippen LogP contribution in [0.25, 0.3) is 0 Å². The molecule has 0 fully saturated rings. The summed E-state index contributed by atoms with van der Waals surface area (Å²) in [5.74, 6) is -1.95. The third-order valence-corrected chi connectivity index (χ3v) is 1.64. The molecule has 3 N–H and O–H groups in total. The molecule has 0 aliphatic heterocycles. The van der Waals surface area contributed by atoms with Crippen molar-refractivity contribution in [2.75, 3.05) is 26.4 Å². The second-order valence-electron chi connectivity index (χ2n) is 3.04. The lowest BCUT2D eigenvalue weighted by Crippen LogP contribution is -2.25. The molecule has 0 amide bonds. The van der Waals surface area contributed by atoms with Gasteiger partial charge in [0.15, 0.2) is 0 Å². The van der Waals surface area contributed by atoms with Gasteiger partial charge in [0, 0.05) is 0 Å². The molecule has 0 aliphatic rings. The first-order chi connectivity index (χ1) is 7.56. The Labute approximate surface area is 92.6 Å². The SMILES string of the molecule is O=C(O)CCOCC(CO)OCCC(=O)O. The van der Waals surface area contributed by atoms with E-state index in [2.05, 4.69) is 0 Å². The van der Waals surface area contributed by atoms with Crippen LogP contribution in [-0.4, -0.2) is 59.8 Å². The van der Waals surface area contributed by atoms with E-state index < -0.39 is 18.0 Å². The summed E-state index contributed by atoms with van der Waals surface area (Å²) in [7, 11) is 0. The number of aliphatic carboxylic acids is 2. The maximum atomic E-state index is 10.2. The van der Waals surface area contributed by atoms with E-state index in [1.165, 1.54) is 0 Å². The molecule has 0 saturated carbocycles. The molecular formula is C9H16O7. The zero-order valence-electron chi connectivity index (χ0n) is 8.79. The number of carboxylic acids is 2. The van der Waals surface area contributed by atoms with E-state index >= 15 is 0 Å².